The van der Waals surface area contributed by atoms with E-state index in [0.29, 0.717) is 19.4 Å². The summed E-state index contributed by atoms with van der Waals surface area (Å²) < 4.78 is 31.0. The Morgan fingerprint density at radius 1 is 0.519 bits per heavy atom. The van der Waals surface area contributed by atoms with E-state index in [4.69, 9.17) is 29.4 Å². The van der Waals surface area contributed by atoms with Gasteiger partial charge in [0.1, 0.15) is 0 Å². The molecule has 15 heteroatoms. The lowest BCUT2D eigenvalue weighted by atomic mass is 10.2. The first kappa shape index (κ1) is 29.5. The second-order valence-electron chi connectivity index (χ2n) is 5.83. The van der Waals surface area contributed by atoms with E-state index in [0.717, 1.165) is 38.5 Å². The molecule has 0 saturated heterocycles. The monoisotopic (exact) mass is 457 g/mol. The van der Waals surface area contributed by atoms with Crippen molar-refractivity contribution in [1.82, 2.24) is 15.3 Å². The molecule has 0 radical (unpaired) electrons. The van der Waals surface area contributed by atoms with E-state index in [1.807, 2.05) is 0 Å². The van der Waals surface area contributed by atoms with Gasteiger partial charge in [-0.1, -0.05) is 39.0 Å². The van der Waals surface area contributed by atoms with E-state index >= 15 is 0 Å². The van der Waals surface area contributed by atoms with Crippen molar-refractivity contribution in [3.8, 4) is 0 Å². The van der Waals surface area contributed by atoms with Gasteiger partial charge >= 0.3 is 23.2 Å². The first-order valence-electron chi connectivity index (χ1n) is 8.69. The Bertz CT molecular complexity index is 464. The summed E-state index contributed by atoms with van der Waals surface area (Å²) in [6, 6.07) is 0. The SMILES string of the molecule is CCCCCCNP(=O)(O)O.O=P(O)(O)NCCCCCCNP(=O)(O)O. The lowest BCUT2D eigenvalue weighted by molar-refractivity contribution is 0.352. The van der Waals surface area contributed by atoms with Crippen LogP contribution in [0.4, 0.5) is 0 Å². The predicted octanol–water partition coefficient (Wildman–Crippen LogP) is 1.16. The van der Waals surface area contributed by atoms with E-state index < -0.39 is 23.2 Å². The highest BCUT2D eigenvalue weighted by Crippen LogP contribution is 2.28. The van der Waals surface area contributed by atoms with Crippen LogP contribution >= 0.6 is 23.2 Å². The molecule has 0 fully saturated rings. The Labute approximate surface area is 160 Å². The topological polar surface area (TPSA) is 209 Å². The van der Waals surface area contributed by atoms with E-state index in [-0.39, 0.29) is 13.1 Å². The summed E-state index contributed by atoms with van der Waals surface area (Å²) in [6.07, 6.45) is 6.84. The largest absolute Gasteiger partial charge is 0.400 e. The van der Waals surface area contributed by atoms with Crippen molar-refractivity contribution < 1.29 is 43.1 Å². The van der Waals surface area contributed by atoms with Crippen LogP contribution in [-0.2, 0) is 13.7 Å². The van der Waals surface area contributed by atoms with Gasteiger partial charge in [0.15, 0.2) is 0 Å². The van der Waals surface area contributed by atoms with Crippen molar-refractivity contribution in [3.05, 3.63) is 0 Å². The van der Waals surface area contributed by atoms with Gasteiger partial charge in [0.25, 0.3) is 0 Å². The quantitative estimate of drug-likeness (QED) is 0.125. The summed E-state index contributed by atoms with van der Waals surface area (Å²) in [5.41, 5.74) is 0. The fraction of sp³-hybridized carbons (Fsp3) is 1.00. The third-order valence-electron chi connectivity index (χ3n) is 3.09. The van der Waals surface area contributed by atoms with Crippen molar-refractivity contribution in [1.29, 1.82) is 0 Å². The van der Waals surface area contributed by atoms with Crippen LogP contribution in [-0.4, -0.2) is 49.0 Å². The molecule has 0 heterocycles. The van der Waals surface area contributed by atoms with Gasteiger partial charge in [0.2, 0.25) is 0 Å². The maximum atomic E-state index is 10.4. The van der Waals surface area contributed by atoms with Crippen LogP contribution in [0.1, 0.15) is 58.3 Å². The van der Waals surface area contributed by atoms with Crippen LogP contribution in [0.25, 0.3) is 0 Å². The number of rotatable bonds is 15. The summed E-state index contributed by atoms with van der Waals surface area (Å²) >= 11 is 0. The second kappa shape index (κ2) is 16.2. The van der Waals surface area contributed by atoms with Gasteiger partial charge in [0.05, 0.1) is 0 Å². The second-order valence-corrected chi connectivity index (χ2v) is 10.0. The average molecular weight is 457 g/mol. The Morgan fingerprint density at radius 3 is 1.00 bits per heavy atom. The minimum absolute atomic E-state index is 0.232. The summed E-state index contributed by atoms with van der Waals surface area (Å²) in [5, 5.41) is 6.27. The van der Waals surface area contributed by atoms with Gasteiger partial charge in [0, 0.05) is 19.6 Å². The van der Waals surface area contributed by atoms with E-state index in [1.165, 1.54) is 0 Å². The number of hydrogen-bond donors (Lipinski definition) is 9. The van der Waals surface area contributed by atoms with Crippen LogP contribution in [0.5, 0.6) is 0 Å². The predicted molar refractivity (Wildman–Crippen MR) is 103 cm³/mol. The molecule has 0 aromatic rings. The Kier molecular flexibility index (Phi) is 17.7. The molecule has 0 aromatic heterocycles. The maximum absolute atomic E-state index is 10.4. The molecule has 0 spiro atoms. The fourth-order valence-corrected chi connectivity index (χ4v) is 3.18. The summed E-state index contributed by atoms with van der Waals surface area (Å²) in [7, 11) is -12.2. The first-order chi connectivity index (χ1) is 12.3. The van der Waals surface area contributed by atoms with E-state index in [2.05, 4.69) is 22.2 Å². The van der Waals surface area contributed by atoms with Crippen LogP contribution in [0.2, 0.25) is 0 Å². The third kappa shape index (κ3) is 34.3. The van der Waals surface area contributed by atoms with Gasteiger partial charge in [-0.3, -0.25) is 0 Å². The average Bonchev–Trinajstić information content (AvgIpc) is 2.47. The van der Waals surface area contributed by atoms with Gasteiger partial charge in [-0.05, 0) is 19.3 Å². The highest BCUT2D eigenvalue weighted by atomic mass is 31.2. The lowest BCUT2D eigenvalue weighted by Crippen LogP contribution is -2.12. The molecule has 0 unspecified atom stereocenters. The number of nitrogens with one attached hydrogen (secondary N) is 3. The van der Waals surface area contributed by atoms with Crippen molar-refractivity contribution in [3.63, 3.8) is 0 Å². The van der Waals surface area contributed by atoms with Gasteiger partial charge < -0.3 is 29.4 Å². The molecule has 0 aromatic carbocycles. The van der Waals surface area contributed by atoms with Crippen molar-refractivity contribution in [2.45, 2.75) is 58.3 Å². The molecular formula is C12H34N3O9P3. The van der Waals surface area contributed by atoms with Crippen molar-refractivity contribution >= 4 is 23.2 Å². The number of unbranched alkanes of at least 4 members (excludes halogenated alkanes) is 6. The molecule has 0 atom stereocenters. The zero-order valence-corrected chi connectivity index (χ0v) is 18.2. The van der Waals surface area contributed by atoms with E-state index in [1.54, 1.807) is 0 Å². The molecule has 12 nitrogen and oxygen atoms in total. The van der Waals surface area contributed by atoms with Crippen LogP contribution in [0.3, 0.4) is 0 Å². The maximum Gasteiger partial charge on any atom is 0.400 e. The summed E-state index contributed by atoms with van der Waals surface area (Å²) in [6.45, 7) is 2.97. The van der Waals surface area contributed by atoms with Crippen molar-refractivity contribution in [2.24, 2.45) is 0 Å². The van der Waals surface area contributed by atoms with E-state index in [9.17, 15) is 13.7 Å². The molecular weight excluding hydrogens is 423 g/mol. The lowest BCUT2D eigenvalue weighted by Gasteiger charge is -2.07. The molecule has 0 saturated carbocycles. The fourth-order valence-electron chi connectivity index (χ4n) is 1.83. The van der Waals surface area contributed by atoms with Crippen LogP contribution < -0.4 is 15.3 Å². The highest BCUT2D eigenvalue weighted by Gasteiger charge is 2.11. The minimum atomic E-state index is -4.11. The number of hydrogen-bond acceptors (Lipinski definition) is 3. The molecule has 0 bridgehead atoms. The van der Waals surface area contributed by atoms with Gasteiger partial charge in [-0.25, -0.2) is 29.0 Å². The highest BCUT2D eigenvalue weighted by molar-refractivity contribution is 7.50. The minimum Gasteiger partial charge on any atom is -0.313 e. The molecule has 9 N–H and O–H groups in total. The standard InChI is InChI=1S/C6H18N2O6P2.C6H16NO3P/c9-15(10,11)7-5-3-1-2-4-6-8-16(12,13)14;1-2-3-4-5-6-7-11(8,9)10/h1-6H2,(H3,7,9,10,11)(H3,8,12,13,14);2-6H2,1H3,(H3,7,8,9,10). The molecule has 166 valence electrons. The zero-order valence-electron chi connectivity index (χ0n) is 15.5. The van der Waals surface area contributed by atoms with Gasteiger partial charge in [-0.15, -0.1) is 0 Å². The Balaban J connectivity index is 0. The molecule has 0 amide bonds. The van der Waals surface area contributed by atoms with Crippen molar-refractivity contribution in [2.75, 3.05) is 19.6 Å². The molecule has 0 aliphatic rings. The normalized spacial score (nSPS) is 12.6. The smallest absolute Gasteiger partial charge is 0.313 e. The third-order valence-corrected chi connectivity index (χ3v) is 4.99. The first-order valence-corrected chi connectivity index (χ1v) is 13.5. The van der Waals surface area contributed by atoms with Gasteiger partial charge in [-0.2, -0.15) is 0 Å². The Hall–Kier alpha value is 0.330. The van der Waals surface area contributed by atoms with Crippen LogP contribution in [0, 0.1) is 0 Å². The molecule has 27 heavy (non-hydrogen) atoms. The molecule has 0 aliphatic carbocycles. The molecule has 0 rings (SSSR count). The zero-order chi connectivity index (χ0) is 21.4. The molecule has 0 aliphatic heterocycles. The Morgan fingerprint density at radius 2 is 0.778 bits per heavy atom. The summed E-state index contributed by atoms with van der Waals surface area (Å²) in [4.78, 5) is 50.6. The van der Waals surface area contributed by atoms with Crippen LogP contribution in [0.15, 0.2) is 0 Å². The summed E-state index contributed by atoms with van der Waals surface area (Å²) in [5.74, 6) is 0.